The maximum Gasteiger partial charge on any atom is 0.0638 e. The second-order valence-electron chi connectivity index (χ2n) is 2.16. The zero-order valence-electron chi connectivity index (χ0n) is 5.26. The van der Waals surface area contributed by atoms with Crippen LogP contribution < -0.4 is 5.32 Å². The topological polar surface area (TPSA) is 35.8 Å². The van der Waals surface area contributed by atoms with Crippen molar-refractivity contribution in [2.75, 3.05) is 6.54 Å². The summed E-state index contributed by atoms with van der Waals surface area (Å²) in [6.45, 7) is 1.10. The zero-order valence-corrected chi connectivity index (χ0v) is 6.08. The van der Waals surface area contributed by atoms with E-state index in [0.717, 1.165) is 6.54 Å². The maximum absolute atomic E-state index is 8.24. The Balaban J connectivity index is 0.000000640. The first-order chi connectivity index (χ1) is 3.93. The summed E-state index contributed by atoms with van der Waals surface area (Å²) in [5.74, 6) is 0. The first kappa shape index (κ1) is 8.74. The van der Waals surface area contributed by atoms with Gasteiger partial charge in [-0.25, -0.2) is 0 Å². The molecular weight excluding hydrogens is 136 g/mol. The fourth-order valence-corrected chi connectivity index (χ4v) is 1.04. The van der Waals surface area contributed by atoms with Crippen molar-refractivity contribution >= 4 is 12.4 Å². The van der Waals surface area contributed by atoms with Gasteiger partial charge < -0.3 is 5.32 Å². The van der Waals surface area contributed by atoms with Crippen LogP contribution in [0.25, 0.3) is 0 Å². The molecule has 1 N–H and O–H groups in total. The molecule has 0 bridgehead atoms. The van der Waals surface area contributed by atoms with E-state index in [9.17, 15) is 0 Å². The Labute approximate surface area is 61.7 Å². The van der Waals surface area contributed by atoms with Crippen LogP contribution in [0.5, 0.6) is 0 Å². The van der Waals surface area contributed by atoms with Gasteiger partial charge in [0, 0.05) is 6.04 Å². The SMILES string of the molecule is Cl.N#CCC1CCCN1. The van der Waals surface area contributed by atoms with Crippen molar-refractivity contribution in [1.29, 1.82) is 5.26 Å². The van der Waals surface area contributed by atoms with E-state index in [4.69, 9.17) is 5.26 Å². The summed E-state index contributed by atoms with van der Waals surface area (Å²) in [6, 6.07) is 2.65. The standard InChI is InChI=1S/C6H10N2.ClH/c7-4-3-6-2-1-5-8-6;/h6,8H,1-3,5H2;1H. The largest absolute Gasteiger partial charge is 0.313 e. The van der Waals surface area contributed by atoms with Crippen molar-refractivity contribution in [3.05, 3.63) is 0 Å². The molecule has 2 nitrogen and oxygen atoms in total. The highest BCUT2D eigenvalue weighted by Gasteiger charge is 2.11. The molecule has 0 aromatic carbocycles. The second-order valence-corrected chi connectivity index (χ2v) is 2.16. The average Bonchev–Trinajstić information content (AvgIpc) is 2.19. The lowest BCUT2D eigenvalue weighted by atomic mass is 10.2. The van der Waals surface area contributed by atoms with Gasteiger partial charge in [-0.2, -0.15) is 5.26 Å². The normalized spacial score (nSPS) is 24.6. The van der Waals surface area contributed by atoms with Gasteiger partial charge in [-0.1, -0.05) is 0 Å². The molecule has 3 heteroatoms. The minimum Gasteiger partial charge on any atom is -0.313 e. The third-order valence-corrected chi connectivity index (χ3v) is 1.50. The summed E-state index contributed by atoms with van der Waals surface area (Å²) in [6.07, 6.45) is 3.11. The third-order valence-electron chi connectivity index (χ3n) is 1.50. The Morgan fingerprint density at radius 2 is 2.44 bits per heavy atom. The van der Waals surface area contributed by atoms with Crippen molar-refractivity contribution in [1.82, 2.24) is 5.32 Å². The number of halogens is 1. The molecule has 1 aliphatic rings. The minimum atomic E-state index is 0. The van der Waals surface area contributed by atoms with Crippen molar-refractivity contribution in [2.45, 2.75) is 25.3 Å². The number of nitriles is 1. The summed E-state index contributed by atoms with van der Waals surface area (Å²) in [5, 5.41) is 11.5. The van der Waals surface area contributed by atoms with E-state index >= 15 is 0 Å². The zero-order chi connectivity index (χ0) is 5.82. The van der Waals surface area contributed by atoms with E-state index < -0.39 is 0 Å². The van der Waals surface area contributed by atoms with Crippen LogP contribution in [0, 0.1) is 11.3 Å². The Kier molecular flexibility index (Phi) is 4.47. The molecule has 0 spiro atoms. The Morgan fingerprint density at radius 3 is 2.89 bits per heavy atom. The molecule has 0 saturated carbocycles. The van der Waals surface area contributed by atoms with Crippen LogP contribution in [0.15, 0.2) is 0 Å². The molecule has 1 atom stereocenters. The molecule has 0 radical (unpaired) electrons. The molecule has 0 amide bonds. The number of hydrogen-bond donors (Lipinski definition) is 1. The number of hydrogen-bond acceptors (Lipinski definition) is 2. The molecule has 0 aromatic rings. The predicted molar refractivity (Wildman–Crippen MR) is 38.5 cm³/mol. The molecular formula is C6H11ClN2. The summed E-state index contributed by atoms with van der Waals surface area (Å²) in [7, 11) is 0. The molecule has 1 unspecified atom stereocenters. The highest BCUT2D eigenvalue weighted by Crippen LogP contribution is 2.06. The highest BCUT2D eigenvalue weighted by atomic mass is 35.5. The van der Waals surface area contributed by atoms with Gasteiger partial charge in [0.25, 0.3) is 0 Å². The monoisotopic (exact) mass is 146 g/mol. The van der Waals surface area contributed by atoms with Crippen molar-refractivity contribution in [2.24, 2.45) is 0 Å². The molecule has 0 aromatic heterocycles. The van der Waals surface area contributed by atoms with Crippen molar-refractivity contribution in [3.63, 3.8) is 0 Å². The Morgan fingerprint density at radius 1 is 1.67 bits per heavy atom. The van der Waals surface area contributed by atoms with E-state index in [-0.39, 0.29) is 12.4 Å². The van der Waals surface area contributed by atoms with Crippen LogP contribution in [-0.4, -0.2) is 12.6 Å². The van der Waals surface area contributed by atoms with Crippen LogP contribution >= 0.6 is 12.4 Å². The molecule has 0 aliphatic carbocycles. The van der Waals surface area contributed by atoms with Gasteiger partial charge in [-0.3, -0.25) is 0 Å². The molecule has 1 saturated heterocycles. The quantitative estimate of drug-likeness (QED) is 0.601. The van der Waals surface area contributed by atoms with Gasteiger partial charge in [0.2, 0.25) is 0 Å². The molecule has 1 heterocycles. The van der Waals surface area contributed by atoms with E-state index in [0.29, 0.717) is 12.5 Å². The van der Waals surface area contributed by atoms with E-state index in [2.05, 4.69) is 11.4 Å². The first-order valence-corrected chi connectivity index (χ1v) is 3.04. The molecule has 1 aliphatic heterocycles. The lowest BCUT2D eigenvalue weighted by Crippen LogP contribution is -2.19. The molecule has 1 fully saturated rings. The van der Waals surface area contributed by atoms with Gasteiger partial charge in [0.05, 0.1) is 12.5 Å². The summed E-state index contributed by atoms with van der Waals surface area (Å²) < 4.78 is 0. The smallest absolute Gasteiger partial charge is 0.0638 e. The molecule has 9 heavy (non-hydrogen) atoms. The lowest BCUT2D eigenvalue weighted by Gasteiger charge is -2.00. The van der Waals surface area contributed by atoms with Gasteiger partial charge in [-0.15, -0.1) is 12.4 Å². The fourth-order valence-electron chi connectivity index (χ4n) is 1.04. The highest BCUT2D eigenvalue weighted by molar-refractivity contribution is 5.85. The first-order valence-electron chi connectivity index (χ1n) is 3.04. The number of rotatable bonds is 1. The summed E-state index contributed by atoms with van der Waals surface area (Å²) in [5.41, 5.74) is 0. The van der Waals surface area contributed by atoms with Crippen molar-refractivity contribution < 1.29 is 0 Å². The Hall–Kier alpha value is -0.260. The van der Waals surface area contributed by atoms with Crippen LogP contribution in [0.2, 0.25) is 0 Å². The van der Waals surface area contributed by atoms with Gasteiger partial charge in [-0.05, 0) is 19.4 Å². The van der Waals surface area contributed by atoms with Crippen LogP contribution in [-0.2, 0) is 0 Å². The van der Waals surface area contributed by atoms with Crippen LogP contribution in [0.3, 0.4) is 0 Å². The van der Waals surface area contributed by atoms with Gasteiger partial charge in [0.1, 0.15) is 0 Å². The molecule has 1 rings (SSSR count). The number of nitrogens with one attached hydrogen (secondary N) is 1. The van der Waals surface area contributed by atoms with E-state index in [1.165, 1.54) is 12.8 Å². The van der Waals surface area contributed by atoms with E-state index in [1.807, 2.05) is 0 Å². The van der Waals surface area contributed by atoms with E-state index in [1.54, 1.807) is 0 Å². The van der Waals surface area contributed by atoms with Gasteiger partial charge >= 0.3 is 0 Å². The van der Waals surface area contributed by atoms with Gasteiger partial charge in [0.15, 0.2) is 0 Å². The second kappa shape index (κ2) is 4.60. The predicted octanol–water partition coefficient (Wildman–Crippen LogP) is 1.07. The lowest BCUT2D eigenvalue weighted by molar-refractivity contribution is 0.620. The summed E-state index contributed by atoms with van der Waals surface area (Å²) in [4.78, 5) is 0. The van der Waals surface area contributed by atoms with Crippen molar-refractivity contribution in [3.8, 4) is 6.07 Å². The number of nitrogens with zero attached hydrogens (tertiary/aromatic N) is 1. The maximum atomic E-state index is 8.24. The van der Waals surface area contributed by atoms with Crippen LogP contribution in [0.1, 0.15) is 19.3 Å². The summed E-state index contributed by atoms with van der Waals surface area (Å²) >= 11 is 0. The average molecular weight is 147 g/mol. The van der Waals surface area contributed by atoms with Crippen LogP contribution in [0.4, 0.5) is 0 Å². The Bertz CT molecular complexity index is 102. The minimum absolute atomic E-state index is 0. The molecule has 52 valence electrons. The fraction of sp³-hybridized carbons (Fsp3) is 0.833. The third kappa shape index (κ3) is 2.69.